The standard InChI is InChI=1S/C18H15N3O2/c19-10-9-12-5-7-13(8-6-12)20-18(23)15-11-17(22)21-16-4-2-1-3-14(15)16/h1-8,15H,9,11H2,(H,20,23)(H,21,22)/t15-/m1/s1. The van der Waals surface area contributed by atoms with E-state index in [2.05, 4.69) is 16.7 Å². The Bertz CT molecular complexity index is 791. The van der Waals surface area contributed by atoms with Gasteiger partial charge in [-0.1, -0.05) is 30.3 Å². The van der Waals surface area contributed by atoms with Crippen LogP contribution in [-0.2, 0) is 16.0 Å². The topological polar surface area (TPSA) is 82.0 Å². The summed E-state index contributed by atoms with van der Waals surface area (Å²) in [5, 5.41) is 14.3. The maximum atomic E-state index is 12.5. The van der Waals surface area contributed by atoms with Crippen LogP contribution in [-0.4, -0.2) is 11.8 Å². The van der Waals surface area contributed by atoms with E-state index in [9.17, 15) is 9.59 Å². The van der Waals surface area contributed by atoms with E-state index in [0.717, 1.165) is 11.1 Å². The van der Waals surface area contributed by atoms with Crippen molar-refractivity contribution in [1.29, 1.82) is 5.26 Å². The van der Waals surface area contributed by atoms with Crippen molar-refractivity contribution < 1.29 is 9.59 Å². The van der Waals surface area contributed by atoms with Crippen molar-refractivity contribution in [3.8, 4) is 6.07 Å². The van der Waals surface area contributed by atoms with Crippen molar-refractivity contribution in [2.24, 2.45) is 0 Å². The molecule has 0 unspecified atom stereocenters. The molecule has 114 valence electrons. The smallest absolute Gasteiger partial charge is 0.232 e. The number of nitrogens with one attached hydrogen (secondary N) is 2. The van der Waals surface area contributed by atoms with Crippen molar-refractivity contribution in [2.75, 3.05) is 10.6 Å². The summed E-state index contributed by atoms with van der Waals surface area (Å²) in [7, 11) is 0. The van der Waals surface area contributed by atoms with Gasteiger partial charge in [0.05, 0.1) is 18.4 Å². The third kappa shape index (κ3) is 3.22. The third-order valence-corrected chi connectivity index (χ3v) is 3.82. The fraction of sp³-hybridized carbons (Fsp3) is 0.167. The van der Waals surface area contributed by atoms with Crippen LogP contribution in [0.1, 0.15) is 23.5 Å². The Hall–Kier alpha value is -3.13. The molecule has 0 saturated carbocycles. The number of nitrogens with zero attached hydrogens (tertiary/aromatic N) is 1. The molecule has 2 amide bonds. The number of hydrogen-bond donors (Lipinski definition) is 2. The van der Waals surface area contributed by atoms with E-state index in [-0.39, 0.29) is 18.2 Å². The van der Waals surface area contributed by atoms with E-state index in [1.165, 1.54) is 0 Å². The Kier molecular flexibility index (Phi) is 4.07. The van der Waals surface area contributed by atoms with Gasteiger partial charge in [0.15, 0.2) is 0 Å². The summed E-state index contributed by atoms with van der Waals surface area (Å²) < 4.78 is 0. The molecule has 0 aromatic heterocycles. The van der Waals surface area contributed by atoms with Gasteiger partial charge < -0.3 is 10.6 Å². The molecule has 1 heterocycles. The molecule has 0 aliphatic carbocycles. The summed E-state index contributed by atoms with van der Waals surface area (Å²) in [5.74, 6) is -0.868. The molecule has 5 nitrogen and oxygen atoms in total. The second-order valence-electron chi connectivity index (χ2n) is 5.41. The molecular weight excluding hydrogens is 290 g/mol. The molecule has 1 aliphatic heterocycles. The van der Waals surface area contributed by atoms with Crippen LogP contribution in [0.3, 0.4) is 0 Å². The summed E-state index contributed by atoms with van der Waals surface area (Å²) in [4.78, 5) is 24.3. The molecular formula is C18H15N3O2. The lowest BCUT2D eigenvalue weighted by molar-refractivity contribution is -0.123. The Labute approximate surface area is 133 Å². The second-order valence-corrected chi connectivity index (χ2v) is 5.41. The van der Waals surface area contributed by atoms with Gasteiger partial charge in [0.2, 0.25) is 11.8 Å². The van der Waals surface area contributed by atoms with Gasteiger partial charge in [-0.2, -0.15) is 5.26 Å². The highest BCUT2D eigenvalue weighted by Crippen LogP contribution is 2.32. The lowest BCUT2D eigenvalue weighted by Crippen LogP contribution is -2.30. The van der Waals surface area contributed by atoms with E-state index < -0.39 is 5.92 Å². The first-order valence-electron chi connectivity index (χ1n) is 7.33. The van der Waals surface area contributed by atoms with Crippen LogP contribution in [0, 0.1) is 11.3 Å². The zero-order valence-electron chi connectivity index (χ0n) is 12.4. The van der Waals surface area contributed by atoms with Crippen molar-refractivity contribution in [3.05, 3.63) is 59.7 Å². The number of fused-ring (bicyclic) bond motifs is 1. The zero-order chi connectivity index (χ0) is 16.2. The minimum absolute atomic E-state index is 0.134. The quantitative estimate of drug-likeness (QED) is 0.914. The van der Waals surface area contributed by atoms with Gasteiger partial charge in [0.25, 0.3) is 0 Å². The molecule has 1 aliphatic rings. The van der Waals surface area contributed by atoms with Gasteiger partial charge in [0, 0.05) is 17.8 Å². The molecule has 0 bridgehead atoms. The Morgan fingerprint density at radius 3 is 2.70 bits per heavy atom. The molecule has 0 spiro atoms. The number of para-hydroxylation sites is 1. The van der Waals surface area contributed by atoms with Gasteiger partial charge in [0.1, 0.15) is 0 Å². The van der Waals surface area contributed by atoms with Crippen molar-refractivity contribution >= 4 is 23.2 Å². The van der Waals surface area contributed by atoms with E-state index >= 15 is 0 Å². The van der Waals surface area contributed by atoms with E-state index in [1.54, 1.807) is 30.3 Å². The largest absolute Gasteiger partial charge is 0.326 e. The number of rotatable bonds is 3. The fourth-order valence-electron chi connectivity index (χ4n) is 2.67. The molecule has 2 N–H and O–H groups in total. The van der Waals surface area contributed by atoms with Crippen LogP contribution in [0.25, 0.3) is 0 Å². The first-order valence-corrected chi connectivity index (χ1v) is 7.33. The normalized spacial score (nSPS) is 16.0. The van der Waals surface area contributed by atoms with Crippen LogP contribution in [0.2, 0.25) is 0 Å². The summed E-state index contributed by atoms with van der Waals surface area (Å²) in [6, 6.07) is 16.6. The number of nitriles is 1. The van der Waals surface area contributed by atoms with E-state index in [1.807, 2.05) is 18.2 Å². The number of amides is 2. The number of hydrogen-bond acceptors (Lipinski definition) is 3. The number of carbonyl (C=O) groups is 2. The second kappa shape index (κ2) is 6.32. The summed E-state index contributed by atoms with van der Waals surface area (Å²) in [6.45, 7) is 0. The van der Waals surface area contributed by atoms with Crippen LogP contribution in [0.4, 0.5) is 11.4 Å². The van der Waals surface area contributed by atoms with Gasteiger partial charge in [-0.15, -0.1) is 0 Å². The van der Waals surface area contributed by atoms with Crippen molar-refractivity contribution in [2.45, 2.75) is 18.8 Å². The predicted molar refractivity (Wildman–Crippen MR) is 86.8 cm³/mol. The van der Waals surface area contributed by atoms with E-state index in [0.29, 0.717) is 17.8 Å². The maximum Gasteiger partial charge on any atom is 0.232 e. The Morgan fingerprint density at radius 1 is 1.22 bits per heavy atom. The molecule has 2 aromatic carbocycles. The fourth-order valence-corrected chi connectivity index (χ4v) is 2.67. The summed E-state index contributed by atoms with van der Waals surface area (Å²) >= 11 is 0. The highest BCUT2D eigenvalue weighted by molar-refractivity contribution is 6.05. The molecule has 23 heavy (non-hydrogen) atoms. The lowest BCUT2D eigenvalue weighted by Gasteiger charge is -2.24. The molecule has 1 atom stereocenters. The maximum absolute atomic E-state index is 12.5. The van der Waals surface area contributed by atoms with Crippen molar-refractivity contribution in [1.82, 2.24) is 0 Å². The van der Waals surface area contributed by atoms with Gasteiger partial charge in [-0.25, -0.2) is 0 Å². The monoisotopic (exact) mass is 305 g/mol. The third-order valence-electron chi connectivity index (χ3n) is 3.82. The number of anilines is 2. The number of benzene rings is 2. The molecule has 5 heteroatoms. The Morgan fingerprint density at radius 2 is 1.96 bits per heavy atom. The first kappa shape index (κ1) is 14.8. The first-order chi connectivity index (χ1) is 11.2. The van der Waals surface area contributed by atoms with Gasteiger partial charge >= 0.3 is 0 Å². The summed E-state index contributed by atoms with van der Waals surface area (Å²) in [6.07, 6.45) is 0.472. The average molecular weight is 305 g/mol. The van der Waals surface area contributed by atoms with Gasteiger partial charge in [-0.3, -0.25) is 9.59 Å². The Balaban J connectivity index is 1.78. The zero-order valence-corrected chi connectivity index (χ0v) is 12.4. The minimum Gasteiger partial charge on any atom is -0.326 e. The highest BCUT2D eigenvalue weighted by Gasteiger charge is 2.30. The van der Waals surface area contributed by atoms with E-state index in [4.69, 9.17) is 5.26 Å². The van der Waals surface area contributed by atoms with Crippen LogP contribution >= 0.6 is 0 Å². The SMILES string of the molecule is N#CCc1ccc(NC(=O)[C@@H]2CC(=O)Nc3ccccc32)cc1. The average Bonchev–Trinajstić information content (AvgIpc) is 2.56. The van der Waals surface area contributed by atoms with Crippen LogP contribution in [0.5, 0.6) is 0 Å². The molecule has 0 fully saturated rings. The predicted octanol–water partition coefficient (Wildman–Crippen LogP) is 2.82. The molecule has 0 saturated heterocycles. The summed E-state index contributed by atoms with van der Waals surface area (Å²) in [5.41, 5.74) is 3.06. The highest BCUT2D eigenvalue weighted by atomic mass is 16.2. The molecule has 3 rings (SSSR count). The van der Waals surface area contributed by atoms with Gasteiger partial charge in [-0.05, 0) is 29.3 Å². The molecule has 2 aromatic rings. The number of carbonyl (C=O) groups excluding carboxylic acids is 2. The van der Waals surface area contributed by atoms with Crippen LogP contribution in [0.15, 0.2) is 48.5 Å². The molecule has 0 radical (unpaired) electrons. The lowest BCUT2D eigenvalue weighted by atomic mass is 9.90. The van der Waals surface area contributed by atoms with Crippen LogP contribution < -0.4 is 10.6 Å². The van der Waals surface area contributed by atoms with Crippen molar-refractivity contribution in [3.63, 3.8) is 0 Å². The minimum atomic E-state index is -0.501.